The molecule has 184 valence electrons. The van der Waals surface area contributed by atoms with E-state index in [0.29, 0.717) is 0 Å². The van der Waals surface area contributed by atoms with Crippen molar-refractivity contribution in [1.29, 1.82) is 0 Å². The molecular formula is C25H31NO8. The standard InChI is InChI=1S/C25H31NO8/c1-17(28)26-22-24(31-13-12-21(29)32-15-18-8-4-2-5-9-18)23(30)20(14-27)34-25(22)33-16-19-10-6-3-7-11-19/h2-11,20,22-25,27,30H,12-16H2,1H3,(H,26,28). The predicted molar refractivity (Wildman–Crippen MR) is 121 cm³/mol. The van der Waals surface area contributed by atoms with Crippen LogP contribution in [-0.4, -0.2) is 65.9 Å². The van der Waals surface area contributed by atoms with Crippen LogP contribution in [0.2, 0.25) is 0 Å². The largest absolute Gasteiger partial charge is 0.461 e. The molecule has 0 spiro atoms. The third-order valence-electron chi connectivity index (χ3n) is 5.34. The van der Waals surface area contributed by atoms with Crippen LogP contribution in [0.3, 0.4) is 0 Å². The van der Waals surface area contributed by atoms with E-state index in [-0.39, 0.29) is 32.1 Å². The fraction of sp³-hybridized carbons (Fsp3) is 0.440. The number of nitrogens with one attached hydrogen (secondary N) is 1. The molecule has 3 N–H and O–H groups in total. The van der Waals surface area contributed by atoms with E-state index in [0.717, 1.165) is 11.1 Å². The monoisotopic (exact) mass is 473 g/mol. The first kappa shape index (κ1) is 25.8. The van der Waals surface area contributed by atoms with Crippen molar-refractivity contribution in [2.45, 2.75) is 57.2 Å². The van der Waals surface area contributed by atoms with E-state index in [9.17, 15) is 19.8 Å². The maximum absolute atomic E-state index is 12.1. The summed E-state index contributed by atoms with van der Waals surface area (Å²) in [7, 11) is 0. The molecule has 1 heterocycles. The maximum atomic E-state index is 12.1. The molecule has 0 aromatic heterocycles. The van der Waals surface area contributed by atoms with Gasteiger partial charge >= 0.3 is 5.97 Å². The first-order valence-electron chi connectivity index (χ1n) is 11.2. The Bertz CT molecular complexity index is 894. The average Bonchev–Trinajstić information content (AvgIpc) is 2.85. The average molecular weight is 474 g/mol. The summed E-state index contributed by atoms with van der Waals surface area (Å²) < 4.78 is 22.7. The van der Waals surface area contributed by atoms with Gasteiger partial charge in [0, 0.05) is 6.92 Å². The van der Waals surface area contributed by atoms with Gasteiger partial charge in [-0.1, -0.05) is 60.7 Å². The molecule has 0 aliphatic carbocycles. The van der Waals surface area contributed by atoms with Crippen molar-refractivity contribution in [2.24, 2.45) is 0 Å². The number of esters is 1. The van der Waals surface area contributed by atoms with E-state index < -0.39 is 43.2 Å². The molecule has 1 aliphatic rings. The lowest BCUT2D eigenvalue weighted by Crippen LogP contribution is -2.65. The molecule has 9 heteroatoms. The number of hydrogen-bond donors (Lipinski definition) is 3. The van der Waals surface area contributed by atoms with E-state index in [2.05, 4.69) is 5.32 Å². The molecule has 1 amide bonds. The first-order chi connectivity index (χ1) is 16.5. The first-order valence-corrected chi connectivity index (χ1v) is 11.2. The molecule has 5 unspecified atom stereocenters. The van der Waals surface area contributed by atoms with Crippen LogP contribution >= 0.6 is 0 Å². The number of aliphatic hydroxyl groups excluding tert-OH is 2. The van der Waals surface area contributed by atoms with Gasteiger partial charge in [0.25, 0.3) is 0 Å². The van der Waals surface area contributed by atoms with Gasteiger partial charge in [-0.25, -0.2) is 0 Å². The van der Waals surface area contributed by atoms with Crippen molar-refractivity contribution in [3.05, 3.63) is 71.8 Å². The maximum Gasteiger partial charge on any atom is 0.308 e. The Hall–Kier alpha value is -2.82. The van der Waals surface area contributed by atoms with Crippen LogP contribution in [0.4, 0.5) is 0 Å². The quantitative estimate of drug-likeness (QED) is 0.418. The van der Waals surface area contributed by atoms with Crippen molar-refractivity contribution in [1.82, 2.24) is 5.32 Å². The Morgan fingerprint density at radius 1 is 0.971 bits per heavy atom. The molecule has 1 aliphatic heterocycles. The molecule has 0 radical (unpaired) electrons. The molecule has 2 aromatic rings. The van der Waals surface area contributed by atoms with Gasteiger partial charge in [-0.2, -0.15) is 0 Å². The molecule has 5 atom stereocenters. The van der Waals surface area contributed by atoms with E-state index in [1.54, 1.807) is 0 Å². The Morgan fingerprint density at radius 3 is 2.18 bits per heavy atom. The minimum Gasteiger partial charge on any atom is -0.461 e. The fourth-order valence-corrected chi connectivity index (χ4v) is 3.64. The number of ether oxygens (including phenoxy) is 4. The number of hydrogen-bond acceptors (Lipinski definition) is 8. The van der Waals surface area contributed by atoms with Gasteiger partial charge < -0.3 is 34.5 Å². The summed E-state index contributed by atoms with van der Waals surface area (Å²) in [6.45, 7) is 1.13. The number of aliphatic hydroxyl groups is 2. The highest BCUT2D eigenvalue weighted by atomic mass is 16.7. The number of carbonyl (C=O) groups is 2. The number of benzene rings is 2. The zero-order valence-electron chi connectivity index (χ0n) is 19.0. The van der Waals surface area contributed by atoms with Gasteiger partial charge in [0.05, 0.1) is 26.2 Å². The number of rotatable bonds is 11. The molecular weight excluding hydrogens is 442 g/mol. The van der Waals surface area contributed by atoms with Crippen LogP contribution in [0.25, 0.3) is 0 Å². The van der Waals surface area contributed by atoms with Crippen LogP contribution < -0.4 is 5.32 Å². The Balaban J connectivity index is 1.60. The number of amides is 1. The lowest BCUT2D eigenvalue weighted by molar-refractivity contribution is -0.280. The van der Waals surface area contributed by atoms with Crippen LogP contribution in [0.1, 0.15) is 24.5 Å². The highest BCUT2D eigenvalue weighted by molar-refractivity contribution is 5.73. The fourth-order valence-electron chi connectivity index (χ4n) is 3.64. The zero-order valence-corrected chi connectivity index (χ0v) is 19.0. The van der Waals surface area contributed by atoms with E-state index in [4.69, 9.17) is 18.9 Å². The summed E-state index contributed by atoms with van der Waals surface area (Å²) in [6.07, 6.45) is -4.25. The van der Waals surface area contributed by atoms with Gasteiger partial charge in [-0.15, -0.1) is 0 Å². The molecule has 9 nitrogen and oxygen atoms in total. The topological polar surface area (TPSA) is 124 Å². The highest BCUT2D eigenvalue weighted by Gasteiger charge is 2.47. The molecule has 3 rings (SSSR count). The summed E-state index contributed by atoms with van der Waals surface area (Å²) >= 11 is 0. The van der Waals surface area contributed by atoms with E-state index >= 15 is 0 Å². The van der Waals surface area contributed by atoms with E-state index in [1.165, 1.54) is 6.92 Å². The third kappa shape index (κ3) is 7.61. The van der Waals surface area contributed by atoms with Crippen molar-refractivity contribution < 1.29 is 38.7 Å². The smallest absolute Gasteiger partial charge is 0.308 e. The summed E-state index contributed by atoms with van der Waals surface area (Å²) in [5.74, 6) is -0.829. The van der Waals surface area contributed by atoms with Gasteiger partial charge in [0.15, 0.2) is 6.29 Å². The minimum atomic E-state index is -1.25. The van der Waals surface area contributed by atoms with Crippen LogP contribution in [0.15, 0.2) is 60.7 Å². The second kappa shape index (κ2) is 13.2. The third-order valence-corrected chi connectivity index (χ3v) is 5.34. The lowest BCUT2D eigenvalue weighted by atomic mass is 9.96. The van der Waals surface area contributed by atoms with Gasteiger partial charge in [0.1, 0.15) is 31.0 Å². The second-order valence-corrected chi connectivity index (χ2v) is 7.97. The van der Waals surface area contributed by atoms with Crippen molar-refractivity contribution in [3.63, 3.8) is 0 Å². The van der Waals surface area contributed by atoms with Crippen LogP contribution in [-0.2, 0) is 41.8 Å². The van der Waals surface area contributed by atoms with Gasteiger partial charge in [-0.3, -0.25) is 9.59 Å². The van der Waals surface area contributed by atoms with Crippen molar-refractivity contribution in [2.75, 3.05) is 13.2 Å². The Morgan fingerprint density at radius 2 is 1.59 bits per heavy atom. The molecule has 1 fully saturated rings. The van der Waals surface area contributed by atoms with Crippen LogP contribution in [0, 0.1) is 0 Å². The second-order valence-electron chi connectivity index (χ2n) is 7.97. The molecule has 0 saturated carbocycles. The summed E-state index contributed by atoms with van der Waals surface area (Å²) in [5.41, 5.74) is 1.75. The molecule has 34 heavy (non-hydrogen) atoms. The molecule has 1 saturated heterocycles. The summed E-state index contributed by atoms with van der Waals surface area (Å²) in [4.78, 5) is 24.0. The Labute approximate surface area is 198 Å². The molecule has 0 bridgehead atoms. The van der Waals surface area contributed by atoms with Crippen molar-refractivity contribution in [3.8, 4) is 0 Å². The summed E-state index contributed by atoms with van der Waals surface area (Å²) in [6, 6.07) is 17.8. The lowest BCUT2D eigenvalue weighted by Gasteiger charge is -2.44. The Kier molecular flexibility index (Phi) is 9.99. The van der Waals surface area contributed by atoms with Crippen molar-refractivity contribution >= 4 is 11.9 Å². The predicted octanol–water partition coefficient (Wildman–Crippen LogP) is 1.30. The summed E-state index contributed by atoms with van der Waals surface area (Å²) in [5, 5.41) is 23.1. The highest BCUT2D eigenvalue weighted by Crippen LogP contribution is 2.25. The van der Waals surface area contributed by atoms with Gasteiger partial charge in [0.2, 0.25) is 5.91 Å². The molecule has 2 aromatic carbocycles. The van der Waals surface area contributed by atoms with E-state index in [1.807, 2.05) is 60.7 Å². The van der Waals surface area contributed by atoms with Crippen LogP contribution in [0.5, 0.6) is 0 Å². The zero-order chi connectivity index (χ0) is 24.3. The number of carbonyl (C=O) groups excluding carboxylic acids is 2. The normalized spacial score (nSPS) is 24.4. The van der Waals surface area contributed by atoms with Gasteiger partial charge in [-0.05, 0) is 11.1 Å². The SMILES string of the molecule is CC(=O)NC1C(OCc2ccccc2)OC(CO)C(O)C1OCCC(=O)OCc1ccccc1. The minimum absolute atomic E-state index is 0.0525.